The van der Waals surface area contributed by atoms with Crippen LogP contribution in [0.15, 0.2) is 12.3 Å². The van der Waals surface area contributed by atoms with E-state index in [1.165, 1.54) is 24.1 Å². The number of ether oxygens (including phenoxy) is 1. The summed E-state index contributed by atoms with van der Waals surface area (Å²) in [6, 6.07) is 2.55. The molecule has 0 radical (unpaired) electrons. The first-order chi connectivity index (χ1) is 10.2. The van der Waals surface area contributed by atoms with Crippen LogP contribution in [-0.2, 0) is 19.9 Å². The average Bonchev–Trinajstić information content (AvgIpc) is 3.14. The van der Waals surface area contributed by atoms with Gasteiger partial charge in [-0.2, -0.15) is 5.10 Å². The van der Waals surface area contributed by atoms with Crippen molar-refractivity contribution >= 4 is 11.3 Å². The van der Waals surface area contributed by atoms with Crippen LogP contribution in [0, 0.1) is 0 Å². The number of hydrogen-bond acceptors (Lipinski definition) is 4. The fourth-order valence-electron chi connectivity index (χ4n) is 3.03. The number of rotatable bonds is 6. The van der Waals surface area contributed by atoms with Gasteiger partial charge >= 0.3 is 0 Å². The standard InChI is InChI=1S/C16H23N3OS/c1-4-8-17-15(16-12(20-3)10-18-19(16)2)14-9-11-6-5-7-13(11)21-14/h9-10,15,17H,4-8H2,1-3H3. The maximum atomic E-state index is 5.51. The molecule has 114 valence electrons. The van der Waals surface area contributed by atoms with Crippen molar-refractivity contribution in [3.8, 4) is 5.75 Å². The summed E-state index contributed by atoms with van der Waals surface area (Å²) in [5, 5.41) is 8.02. The van der Waals surface area contributed by atoms with Gasteiger partial charge in [-0.25, -0.2) is 0 Å². The Morgan fingerprint density at radius 1 is 1.48 bits per heavy atom. The van der Waals surface area contributed by atoms with Crippen LogP contribution in [0.5, 0.6) is 5.75 Å². The molecule has 2 heterocycles. The fraction of sp³-hybridized carbons (Fsp3) is 0.562. The Morgan fingerprint density at radius 2 is 2.33 bits per heavy atom. The molecule has 2 aromatic heterocycles. The lowest BCUT2D eigenvalue weighted by Crippen LogP contribution is -2.25. The number of aryl methyl sites for hydroxylation is 3. The van der Waals surface area contributed by atoms with Crippen LogP contribution in [0.2, 0.25) is 0 Å². The summed E-state index contributed by atoms with van der Waals surface area (Å²) in [5.74, 6) is 0.861. The molecule has 4 nitrogen and oxygen atoms in total. The van der Waals surface area contributed by atoms with Crippen LogP contribution < -0.4 is 10.1 Å². The molecule has 0 aliphatic heterocycles. The normalized spacial score (nSPS) is 15.2. The van der Waals surface area contributed by atoms with Crippen LogP contribution in [0.4, 0.5) is 0 Å². The summed E-state index contributed by atoms with van der Waals surface area (Å²) in [5.41, 5.74) is 2.66. The Morgan fingerprint density at radius 3 is 3.05 bits per heavy atom. The van der Waals surface area contributed by atoms with Crippen molar-refractivity contribution in [2.75, 3.05) is 13.7 Å². The van der Waals surface area contributed by atoms with Gasteiger partial charge in [0.15, 0.2) is 5.75 Å². The van der Waals surface area contributed by atoms with E-state index in [2.05, 4.69) is 23.4 Å². The fourth-order valence-corrected chi connectivity index (χ4v) is 4.37. The molecule has 0 saturated carbocycles. The summed E-state index contributed by atoms with van der Waals surface area (Å²) < 4.78 is 7.43. The molecule has 1 N–H and O–H groups in total. The molecule has 3 rings (SSSR count). The van der Waals surface area contributed by atoms with Crippen LogP contribution in [-0.4, -0.2) is 23.4 Å². The first-order valence-electron chi connectivity index (χ1n) is 7.65. The van der Waals surface area contributed by atoms with Crippen molar-refractivity contribution in [2.24, 2.45) is 7.05 Å². The third-order valence-electron chi connectivity index (χ3n) is 4.09. The molecule has 0 saturated heterocycles. The summed E-state index contributed by atoms with van der Waals surface area (Å²) in [6.45, 7) is 3.18. The Balaban J connectivity index is 1.98. The summed E-state index contributed by atoms with van der Waals surface area (Å²) in [4.78, 5) is 2.95. The zero-order valence-electron chi connectivity index (χ0n) is 13.0. The highest BCUT2D eigenvalue weighted by Gasteiger charge is 2.26. The lowest BCUT2D eigenvalue weighted by atomic mass is 10.1. The zero-order valence-corrected chi connectivity index (χ0v) is 13.8. The van der Waals surface area contributed by atoms with Crippen molar-refractivity contribution in [3.63, 3.8) is 0 Å². The summed E-state index contributed by atoms with van der Waals surface area (Å²) >= 11 is 1.95. The molecule has 2 aromatic rings. The maximum absolute atomic E-state index is 5.51. The minimum Gasteiger partial charge on any atom is -0.493 e. The molecule has 0 spiro atoms. The molecule has 1 aliphatic carbocycles. The van der Waals surface area contributed by atoms with Crippen molar-refractivity contribution < 1.29 is 4.74 Å². The van der Waals surface area contributed by atoms with Gasteiger partial charge in [-0.05, 0) is 43.9 Å². The van der Waals surface area contributed by atoms with E-state index in [9.17, 15) is 0 Å². The number of methoxy groups -OCH3 is 1. The van der Waals surface area contributed by atoms with Gasteiger partial charge in [0, 0.05) is 16.8 Å². The minimum absolute atomic E-state index is 0.169. The van der Waals surface area contributed by atoms with Crippen LogP contribution in [0.25, 0.3) is 0 Å². The summed E-state index contributed by atoms with van der Waals surface area (Å²) in [6.07, 6.45) is 6.69. The molecule has 1 unspecified atom stereocenters. The van der Waals surface area contributed by atoms with Gasteiger partial charge in [0.25, 0.3) is 0 Å². The summed E-state index contributed by atoms with van der Waals surface area (Å²) in [7, 11) is 3.70. The quantitative estimate of drug-likeness (QED) is 0.891. The van der Waals surface area contributed by atoms with Gasteiger partial charge in [0.05, 0.1) is 19.3 Å². The zero-order chi connectivity index (χ0) is 14.8. The first kappa shape index (κ1) is 14.6. The minimum atomic E-state index is 0.169. The predicted molar refractivity (Wildman–Crippen MR) is 86.2 cm³/mol. The molecule has 1 aliphatic rings. The Labute approximate surface area is 130 Å². The molecule has 21 heavy (non-hydrogen) atoms. The van der Waals surface area contributed by atoms with Crippen LogP contribution in [0.1, 0.15) is 46.8 Å². The van der Waals surface area contributed by atoms with Crippen molar-refractivity contribution in [1.82, 2.24) is 15.1 Å². The number of aromatic nitrogens is 2. The molecule has 0 bridgehead atoms. The largest absolute Gasteiger partial charge is 0.493 e. The van der Waals surface area contributed by atoms with Gasteiger partial charge in [-0.1, -0.05) is 6.92 Å². The van der Waals surface area contributed by atoms with Gasteiger partial charge in [-0.15, -0.1) is 11.3 Å². The van der Waals surface area contributed by atoms with E-state index in [0.717, 1.165) is 24.4 Å². The molecular weight excluding hydrogens is 282 g/mol. The Bertz CT molecular complexity index is 596. The molecule has 0 amide bonds. The third kappa shape index (κ3) is 2.72. The SMILES string of the molecule is CCCNC(c1cc2c(s1)CCC2)c1c(OC)cnn1C. The molecule has 5 heteroatoms. The number of nitrogens with one attached hydrogen (secondary N) is 1. The number of fused-ring (bicyclic) bond motifs is 1. The molecule has 1 atom stereocenters. The van der Waals surface area contributed by atoms with E-state index in [0.29, 0.717) is 0 Å². The highest BCUT2D eigenvalue weighted by molar-refractivity contribution is 7.12. The van der Waals surface area contributed by atoms with Gasteiger partial charge < -0.3 is 10.1 Å². The van der Waals surface area contributed by atoms with Gasteiger partial charge in [0.2, 0.25) is 0 Å². The molecule has 0 aromatic carbocycles. The van der Waals surface area contributed by atoms with E-state index in [-0.39, 0.29) is 6.04 Å². The Hall–Kier alpha value is -1.33. The number of thiophene rings is 1. The van der Waals surface area contributed by atoms with Crippen LogP contribution in [0.3, 0.4) is 0 Å². The van der Waals surface area contributed by atoms with E-state index >= 15 is 0 Å². The lowest BCUT2D eigenvalue weighted by Gasteiger charge is -2.19. The Kier molecular flexibility index (Phi) is 4.31. The van der Waals surface area contributed by atoms with Gasteiger partial charge in [0.1, 0.15) is 5.69 Å². The van der Waals surface area contributed by atoms with E-state index in [1.807, 2.05) is 23.1 Å². The molecule has 0 fully saturated rings. The smallest absolute Gasteiger partial charge is 0.161 e. The first-order valence-corrected chi connectivity index (χ1v) is 8.47. The average molecular weight is 305 g/mol. The maximum Gasteiger partial charge on any atom is 0.161 e. The monoisotopic (exact) mass is 305 g/mol. The number of hydrogen-bond donors (Lipinski definition) is 1. The van der Waals surface area contributed by atoms with Crippen molar-refractivity contribution in [1.29, 1.82) is 0 Å². The van der Waals surface area contributed by atoms with E-state index in [1.54, 1.807) is 23.7 Å². The van der Waals surface area contributed by atoms with E-state index in [4.69, 9.17) is 4.74 Å². The van der Waals surface area contributed by atoms with Crippen LogP contribution >= 0.6 is 11.3 Å². The van der Waals surface area contributed by atoms with Crippen molar-refractivity contribution in [2.45, 2.75) is 38.6 Å². The second-order valence-corrected chi connectivity index (χ2v) is 6.73. The van der Waals surface area contributed by atoms with Crippen molar-refractivity contribution in [3.05, 3.63) is 33.3 Å². The molecular formula is C16H23N3OS. The predicted octanol–water partition coefficient (Wildman–Crippen LogP) is 3.07. The lowest BCUT2D eigenvalue weighted by molar-refractivity contribution is 0.401. The number of nitrogens with zero attached hydrogens (tertiary/aromatic N) is 2. The van der Waals surface area contributed by atoms with Gasteiger partial charge in [-0.3, -0.25) is 4.68 Å². The highest BCUT2D eigenvalue weighted by atomic mass is 32.1. The topological polar surface area (TPSA) is 39.1 Å². The van der Waals surface area contributed by atoms with E-state index < -0.39 is 0 Å². The third-order valence-corrected chi connectivity index (χ3v) is 5.39. The highest BCUT2D eigenvalue weighted by Crippen LogP contribution is 2.38. The second kappa shape index (κ2) is 6.20. The second-order valence-electron chi connectivity index (χ2n) is 5.56.